The molecule has 1 unspecified atom stereocenters. The number of aliphatic carboxylic acids is 1. The molecule has 1 aliphatic rings. The third kappa shape index (κ3) is 4.37. The maximum atomic E-state index is 10.6. The molecule has 1 atom stereocenters. The van der Waals surface area contributed by atoms with Crippen molar-refractivity contribution in [1.82, 2.24) is 5.43 Å². The standard InChI is InChI=1S/C13H12N4O.C2HF3O2/c14-13-16-10(7-15-17-13)12-9-4-2-1-3-8(9)5-6-11(12)18;3-2(4,5)1(6)7/h1-7,10,18H,(H3,14,16,17);(H,6,7). The number of carbonyl (C=O) groups is 1. The van der Waals surface area contributed by atoms with Crippen molar-refractivity contribution in [3.05, 3.63) is 42.0 Å². The lowest BCUT2D eigenvalue weighted by molar-refractivity contribution is -0.192. The van der Waals surface area contributed by atoms with Crippen LogP contribution in [0.15, 0.2) is 46.5 Å². The van der Waals surface area contributed by atoms with Gasteiger partial charge in [-0.25, -0.2) is 15.2 Å². The predicted molar refractivity (Wildman–Crippen MR) is 85.3 cm³/mol. The van der Waals surface area contributed by atoms with Gasteiger partial charge in [0.25, 0.3) is 0 Å². The van der Waals surface area contributed by atoms with Crippen molar-refractivity contribution >= 4 is 28.9 Å². The molecule has 0 amide bonds. The van der Waals surface area contributed by atoms with Crippen molar-refractivity contribution in [3.63, 3.8) is 0 Å². The summed E-state index contributed by atoms with van der Waals surface area (Å²) in [5.41, 5.74) is 8.89. The number of aromatic hydroxyl groups is 1. The SMILES string of the molecule is NC1=NC(c2c(O)ccc3ccccc23)C=NN1.O=C(O)C(F)(F)F. The Morgan fingerprint density at radius 1 is 1.20 bits per heavy atom. The molecule has 10 heteroatoms. The zero-order valence-electron chi connectivity index (χ0n) is 12.5. The average Bonchev–Trinajstić information content (AvgIpc) is 2.54. The number of rotatable bonds is 1. The Kier molecular flexibility index (Phi) is 5.11. The third-order valence-electron chi connectivity index (χ3n) is 3.16. The van der Waals surface area contributed by atoms with Crippen molar-refractivity contribution in [3.8, 4) is 5.75 Å². The van der Waals surface area contributed by atoms with E-state index in [9.17, 15) is 18.3 Å². The van der Waals surface area contributed by atoms with Crippen molar-refractivity contribution in [2.24, 2.45) is 15.8 Å². The first kappa shape index (κ1) is 18.0. The lowest BCUT2D eigenvalue weighted by Crippen LogP contribution is -2.31. The number of carboxylic acids is 1. The second-order valence-corrected chi connectivity index (χ2v) is 4.87. The van der Waals surface area contributed by atoms with Gasteiger partial charge in [0.1, 0.15) is 11.8 Å². The van der Waals surface area contributed by atoms with Crippen LogP contribution in [0.1, 0.15) is 11.6 Å². The molecule has 0 saturated carbocycles. The van der Waals surface area contributed by atoms with Crippen LogP contribution in [0.25, 0.3) is 10.8 Å². The zero-order chi connectivity index (χ0) is 18.6. The van der Waals surface area contributed by atoms with Crippen LogP contribution in [0.2, 0.25) is 0 Å². The summed E-state index contributed by atoms with van der Waals surface area (Å²) in [7, 11) is 0. The van der Waals surface area contributed by atoms with Crippen LogP contribution >= 0.6 is 0 Å². The van der Waals surface area contributed by atoms with E-state index in [4.69, 9.17) is 15.6 Å². The second-order valence-electron chi connectivity index (χ2n) is 4.87. The van der Waals surface area contributed by atoms with Crippen LogP contribution in [-0.4, -0.2) is 34.5 Å². The summed E-state index contributed by atoms with van der Waals surface area (Å²) in [5.74, 6) is -2.31. The Morgan fingerprint density at radius 2 is 1.84 bits per heavy atom. The summed E-state index contributed by atoms with van der Waals surface area (Å²) in [6.07, 6.45) is -3.46. The average molecular weight is 354 g/mol. The number of nitrogens with zero attached hydrogens (tertiary/aromatic N) is 2. The van der Waals surface area contributed by atoms with Gasteiger partial charge >= 0.3 is 12.1 Å². The molecule has 25 heavy (non-hydrogen) atoms. The van der Waals surface area contributed by atoms with Crippen LogP contribution in [0.4, 0.5) is 13.2 Å². The van der Waals surface area contributed by atoms with E-state index in [0.717, 1.165) is 16.3 Å². The molecule has 0 aromatic heterocycles. The molecule has 1 aliphatic heterocycles. The fourth-order valence-corrected chi connectivity index (χ4v) is 2.12. The maximum Gasteiger partial charge on any atom is 0.490 e. The van der Waals surface area contributed by atoms with Gasteiger partial charge in [0.05, 0.1) is 6.21 Å². The van der Waals surface area contributed by atoms with Crippen molar-refractivity contribution in [2.45, 2.75) is 12.2 Å². The fraction of sp³-hybridized carbons (Fsp3) is 0.133. The molecule has 0 radical (unpaired) electrons. The van der Waals surface area contributed by atoms with Gasteiger partial charge in [-0.05, 0) is 16.8 Å². The molecule has 132 valence electrons. The second kappa shape index (κ2) is 7.07. The highest BCUT2D eigenvalue weighted by Gasteiger charge is 2.38. The Morgan fingerprint density at radius 3 is 2.44 bits per heavy atom. The number of hydrogen-bond acceptors (Lipinski definition) is 6. The van der Waals surface area contributed by atoms with E-state index >= 15 is 0 Å². The number of aliphatic imine (C=N–C) groups is 1. The van der Waals surface area contributed by atoms with Gasteiger partial charge in [-0.3, -0.25) is 0 Å². The molecule has 0 fully saturated rings. The summed E-state index contributed by atoms with van der Waals surface area (Å²) >= 11 is 0. The minimum atomic E-state index is -5.08. The van der Waals surface area contributed by atoms with Gasteiger partial charge in [0.15, 0.2) is 0 Å². The third-order valence-corrected chi connectivity index (χ3v) is 3.16. The van der Waals surface area contributed by atoms with Crippen LogP contribution in [0.5, 0.6) is 5.75 Å². The van der Waals surface area contributed by atoms with Gasteiger partial charge in [-0.2, -0.15) is 18.3 Å². The molecular formula is C15H13F3N4O3. The molecule has 0 bridgehead atoms. The number of hydrazone groups is 1. The van der Waals surface area contributed by atoms with E-state index in [-0.39, 0.29) is 17.8 Å². The normalized spacial score (nSPS) is 16.4. The number of halogens is 3. The molecule has 0 saturated heterocycles. The number of nitrogens with two attached hydrogens (primary N) is 1. The van der Waals surface area contributed by atoms with Crippen molar-refractivity contribution in [1.29, 1.82) is 0 Å². The fourth-order valence-electron chi connectivity index (χ4n) is 2.12. The smallest absolute Gasteiger partial charge is 0.490 e. The van der Waals surface area contributed by atoms with Crippen molar-refractivity contribution in [2.75, 3.05) is 0 Å². The Balaban J connectivity index is 0.000000277. The summed E-state index contributed by atoms with van der Waals surface area (Å²) < 4.78 is 31.7. The van der Waals surface area contributed by atoms with Gasteiger partial charge < -0.3 is 15.9 Å². The highest BCUT2D eigenvalue weighted by Crippen LogP contribution is 2.33. The van der Waals surface area contributed by atoms with Gasteiger partial charge in [0, 0.05) is 5.56 Å². The first-order valence-electron chi connectivity index (χ1n) is 6.83. The molecule has 0 spiro atoms. The largest absolute Gasteiger partial charge is 0.508 e. The van der Waals surface area contributed by atoms with E-state index in [1.165, 1.54) is 0 Å². The minimum absolute atomic E-state index is 0.198. The summed E-state index contributed by atoms with van der Waals surface area (Å²) in [6, 6.07) is 11.0. The molecule has 2 aromatic rings. The summed E-state index contributed by atoms with van der Waals surface area (Å²) in [6.45, 7) is 0. The quantitative estimate of drug-likeness (QED) is 0.625. The zero-order valence-corrected chi connectivity index (χ0v) is 12.5. The number of phenols is 1. The first-order valence-corrected chi connectivity index (χ1v) is 6.83. The van der Waals surface area contributed by atoms with Crippen LogP contribution < -0.4 is 11.2 Å². The van der Waals surface area contributed by atoms with Gasteiger partial charge in [0.2, 0.25) is 5.96 Å². The van der Waals surface area contributed by atoms with Gasteiger partial charge in [-0.15, -0.1) is 0 Å². The minimum Gasteiger partial charge on any atom is -0.508 e. The van der Waals surface area contributed by atoms with E-state index in [1.807, 2.05) is 30.3 Å². The maximum absolute atomic E-state index is 10.6. The molecular weight excluding hydrogens is 341 g/mol. The Labute approximate surface area is 139 Å². The van der Waals surface area contributed by atoms with E-state index < -0.39 is 12.1 Å². The van der Waals surface area contributed by atoms with E-state index in [2.05, 4.69) is 15.5 Å². The molecule has 2 aromatic carbocycles. The predicted octanol–water partition coefficient (Wildman–Crippen LogP) is 2.12. The van der Waals surface area contributed by atoms with E-state index in [1.54, 1.807) is 12.3 Å². The number of carboxylic acid groups (broad SMARTS) is 1. The first-order chi connectivity index (χ1) is 11.7. The number of hydrogen-bond donors (Lipinski definition) is 4. The number of fused-ring (bicyclic) bond motifs is 1. The molecule has 7 nitrogen and oxygen atoms in total. The van der Waals surface area contributed by atoms with Crippen molar-refractivity contribution < 1.29 is 28.2 Å². The van der Waals surface area contributed by atoms with Crippen LogP contribution in [-0.2, 0) is 4.79 Å². The lowest BCUT2D eigenvalue weighted by Gasteiger charge is -2.16. The Bertz CT molecular complexity index is 850. The number of guanidine groups is 1. The number of nitrogens with one attached hydrogen (secondary N) is 1. The summed E-state index contributed by atoms with van der Waals surface area (Å²) in [5, 5.41) is 23.1. The molecule has 1 heterocycles. The number of benzene rings is 2. The summed E-state index contributed by atoms with van der Waals surface area (Å²) in [4.78, 5) is 13.1. The monoisotopic (exact) mass is 354 g/mol. The number of alkyl halides is 3. The topological polar surface area (TPSA) is 120 Å². The molecule has 3 rings (SSSR count). The van der Waals surface area contributed by atoms with Gasteiger partial charge in [-0.1, -0.05) is 30.3 Å². The molecule has 5 N–H and O–H groups in total. The Hall–Kier alpha value is -3.30. The highest BCUT2D eigenvalue weighted by atomic mass is 19.4. The van der Waals surface area contributed by atoms with E-state index in [0.29, 0.717) is 0 Å². The highest BCUT2D eigenvalue weighted by molar-refractivity contribution is 5.93. The molecule has 0 aliphatic carbocycles. The lowest BCUT2D eigenvalue weighted by atomic mass is 9.98. The van der Waals surface area contributed by atoms with Crippen LogP contribution in [0, 0.1) is 0 Å². The van der Waals surface area contributed by atoms with Crippen LogP contribution in [0.3, 0.4) is 0 Å². The number of phenolic OH excluding ortho intramolecular Hbond substituents is 1.